The molecule has 1 saturated heterocycles. The van der Waals surface area contributed by atoms with Gasteiger partial charge in [0.2, 0.25) is 5.95 Å². The number of likely N-dealkylation sites (N-methyl/N-ethyl adjacent to an activating group) is 1. The number of hydrogen-bond acceptors (Lipinski definition) is 6. The Morgan fingerprint density at radius 1 is 1.20 bits per heavy atom. The van der Waals surface area contributed by atoms with E-state index < -0.39 is 0 Å². The topological polar surface area (TPSA) is 85.2 Å². The van der Waals surface area contributed by atoms with Crippen molar-refractivity contribution in [3.63, 3.8) is 0 Å². The predicted octanol–water partition coefficient (Wildman–Crippen LogP) is 1.79. The maximum absolute atomic E-state index is 12.7. The molecule has 0 radical (unpaired) electrons. The number of rotatable bonds is 3. The van der Waals surface area contributed by atoms with Crippen molar-refractivity contribution in [3.05, 3.63) is 47.3 Å². The molecule has 7 nitrogen and oxygen atoms in total. The second-order valence-electron chi connectivity index (χ2n) is 6.10. The SMILES string of the molecule is Cc1cc(C(=O)N2CCN(C)CC2)nc(Nc2ccccc2C#N)n1. The number of nitrogens with one attached hydrogen (secondary N) is 1. The summed E-state index contributed by atoms with van der Waals surface area (Å²) in [6.07, 6.45) is 0. The van der Waals surface area contributed by atoms with Gasteiger partial charge in [-0.3, -0.25) is 4.79 Å². The molecule has 0 bridgehead atoms. The van der Waals surface area contributed by atoms with Gasteiger partial charge in [-0.25, -0.2) is 9.97 Å². The molecule has 2 heterocycles. The number of hydrogen-bond donors (Lipinski definition) is 1. The van der Waals surface area contributed by atoms with Gasteiger partial charge in [0.15, 0.2) is 0 Å². The van der Waals surface area contributed by atoms with E-state index in [0.717, 1.165) is 13.1 Å². The van der Waals surface area contributed by atoms with E-state index in [1.165, 1.54) is 0 Å². The summed E-state index contributed by atoms with van der Waals surface area (Å²) in [5.41, 5.74) is 2.19. The number of nitriles is 1. The first-order valence-corrected chi connectivity index (χ1v) is 8.16. The Morgan fingerprint density at radius 2 is 1.92 bits per heavy atom. The van der Waals surface area contributed by atoms with Crippen LogP contribution in [0, 0.1) is 18.3 Å². The molecule has 0 unspecified atom stereocenters. The van der Waals surface area contributed by atoms with Gasteiger partial charge in [0.1, 0.15) is 11.8 Å². The van der Waals surface area contributed by atoms with Gasteiger partial charge in [-0.2, -0.15) is 5.26 Å². The molecule has 1 amide bonds. The third-order valence-electron chi connectivity index (χ3n) is 4.16. The van der Waals surface area contributed by atoms with Crippen molar-refractivity contribution in [3.8, 4) is 6.07 Å². The Labute approximate surface area is 146 Å². The molecule has 1 aliphatic heterocycles. The molecule has 7 heteroatoms. The first-order valence-electron chi connectivity index (χ1n) is 8.16. The molecule has 1 aliphatic rings. The number of aryl methyl sites for hydroxylation is 1. The molecule has 128 valence electrons. The van der Waals surface area contributed by atoms with E-state index in [-0.39, 0.29) is 5.91 Å². The maximum atomic E-state index is 12.7. The molecule has 0 atom stereocenters. The molecule has 1 aromatic carbocycles. The van der Waals surface area contributed by atoms with E-state index >= 15 is 0 Å². The second-order valence-corrected chi connectivity index (χ2v) is 6.10. The molecule has 1 N–H and O–H groups in total. The Morgan fingerprint density at radius 3 is 2.64 bits per heavy atom. The number of anilines is 2. The summed E-state index contributed by atoms with van der Waals surface area (Å²) in [6.45, 7) is 4.92. The van der Waals surface area contributed by atoms with E-state index in [2.05, 4.69) is 26.3 Å². The van der Waals surface area contributed by atoms with E-state index in [9.17, 15) is 10.1 Å². The zero-order valence-corrected chi connectivity index (χ0v) is 14.4. The summed E-state index contributed by atoms with van der Waals surface area (Å²) in [4.78, 5) is 25.4. The highest BCUT2D eigenvalue weighted by atomic mass is 16.2. The number of carbonyl (C=O) groups excluding carboxylic acids is 1. The fourth-order valence-corrected chi connectivity index (χ4v) is 2.72. The smallest absolute Gasteiger partial charge is 0.272 e. The fourth-order valence-electron chi connectivity index (χ4n) is 2.72. The van der Waals surface area contributed by atoms with Crippen molar-refractivity contribution in [1.29, 1.82) is 5.26 Å². The molecule has 0 saturated carbocycles. The highest BCUT2D eigenvalue weighted by Gasteiger charge is 2.22. The minimum absolute atomic E-state index is 0.0878. The summed E-state index contributed by atoms with van der Waals surface area (Å²) in [5.74, 6) is 0.232. The Kier molecular flexibility index (Phi) is 4.91. The summed E-state index contributed by atoms with van der Waals surface area (Å²) in [5, 5.41) is 12.2. The number of para-hydroxylation sites is 1. The van der Waals surface area contributed by atoms with Crippen molar-refractivity contribution in [2.75, 3.05) is 38.5 Å². The maximum Gasteiger partial charge on any atom is 0.272 e. The van der Waals surface area contributed by atoms with Crippen LogP contribution >= 0.6 is 0 Å². The fraction of sp³-hybridized carbons (Fsp3) is 0.333. The van der Waals surface area contributed by atoms with Crippen molar-refractivity contribution in [2.24, 2.45) is 0 Å². The number of carbonyl (C=O) groups is 1. The average molecular weight is 336 g/mol. The first-order chi connectivity index (χ1) is 12.1. The normalized spacial score (nSPS) is 14.8. The molecule has 1 fully saturated rings. The minimum atomic E-state index is -0.0878. The Bertz CT molecular complexity index is 821. The monoisotopic (exact) mass is 336 g/mol. The average Bonchev–Trinajstić information content (AvgIpc) is 2.62. The summed E-state index contributed by atoms with van der Waals surface area (Å²) in [6, 6.07) is 10.9. The number of piperazine rings is 1. The predicted molar refractivity (Wildman–Crippen MR) is 94.6 cm³/mol. The van der Waals surface area contributed by atoms with Gasteiger partial charge < -0.3 is 15.1 Å². The molecule has 0 spiro atoms. The van der Waals surface area contributed by atoms with E-state index in [0.29, 0.717) is 41.7 Å². The standard InChI is InChI=1S/C18H20N6O/c1-13-11-16(17(25)24-9-7-23(2)8-10-24)22-18(20-13)21-15-6-4-3-5-14(15)12-19/h3-6,11H,7-10H2,1-2H3,(H,20,21,22). The van der Waals surface area contributed by atoms with Crippen molar-refractivity contribution in [1.82, 2.24) is 19.8 Å². The van der Waals surface area contributed by atoms with Crippen LogP contribution in [0.3, 0.4) is 0 Å². The van der Waals surface area contributed by atoms with Gasteiger partial charge in [-0.05, 0) is 32.2 Å². The van der Waals surface area contributed by atoms with Crippen LogP contribution in [0.2, 0.25) is 0 Å². The molecular weight excluding hydrogens is 316 g/mol. The van der Waals surface area contributed by atoms with Crippen molar-refractivity contribution >= 4 is 17.5 Å². The van der Waals surface area contributed by atoms with Gasteiger partial charge in [0.05, 0.1) is 11.3 Å². The van der Waals surface area contributed by atoms with Crippen molar-refractivity contribution < 1.29 is 4.79 Å². The Balaban J connectivity index is 1.83. The number of aromatic nitrogens is 2. The lowest BCUT2D eigenvalue weighted by atomic mass is 10.2. The molecular formula is C18H20N6O. The third kappa shape index (κ3) is 3.92. The largest absolute Gasteiger partial charge is 0.335 e. The van der Waals surface area contributed by atoms with Gasteiger partial charge in [0.25, 0.3) is 5.91 Å². The lowest BCUT2D eigenvalue weighted by molar-refractivity contribution is 0.0658. The van der Waals surface area contributed by atoms with E-state index in [1.807, 2.05) is 24.9 Å². The number of amides is 1. The van der Waals surface area contributed by atoms with Crippen LogP contribution in [-0.4, -0.2) is 58.9 Å². The van der Waals surface area contributed by atoms with Crippen LogP contribution in [0.4, 0.5) is 11.6 Å². The molecule has 1 aromatic heterocycles. The third-order valence-corrected chi connectivity index (χ3v) is 4.16. The van der Waals surface area contributed by atoms with Crippen LogP contribution < -0.4 is 5.32 Å². The summed E-state index contributed by atoms with van der Waals surface area (Å²) in [7, 11) is 2.05. The van der Waals surface area contributed by atoms with Crippen LogP contribution in [0.25, 0.3) is 0 Å². The van der Waals surface area contributed by atoms with Crippen LogP contribution in [0.1, 0.15) is 21.7 Å². The quantitative estimate of drug-likeness (QED) is 0.920. The lowest BCUT2D eigenvalue weighted by Crippen LogP contribution is -2.47. The summed E-state index contributed by atoms with van der Waals surface area (Å²) < 4.78 is 0. The minimum Gasteiger partial charge on any atom is -0.335 e. The summed E-state index contributed by atoms with van der Waals surface area (Å²) >= 11 is 0. The van der Waals surface area contributed by atoms with E-state index in [1.54, 1.807) is 24.3 Å². The number of benzene rings is 1. The van der Waals surface area contributed by atoms with Crippen LogP contribution in [0.15, 0.2) is 30.3 Å². The van der Waals surface area contributed by atoms with Crippen LogP contribution in [0.5, 0.6) is 0 Å². The van der Waals surface area contributed by atoms with E-state index in [4.69, 9.17) is 0 Å². The molecule has 0 aliphatic carbocycles. The first kappa shape index (κ1) is 16.9. The highest BCUT2D eigenvalue weighted by Crippen LogP contribution is 2.19. The second kappa shape index (κ2) is 7.28. The van der Waals surface area contributed by atoms with Crippen LogP contribution in [-0.2, 0) is 0 Å². The van der Waals surface area contributed by atoms with Crippen molar-refractivity contribution in [2.45, 2.75) is 6.92 Å². The Hall–Kier alpha value is -2.98. The highest BCUT2D eigenvalue weighted by molar-refractivity contribution is 5.92. The number of nitrogens with zero attached hydrogens (tertiary/aromatic N) is 5. The molecule has 2 aromatic rings. The van der Waals surface area contributed by atoms with Gasteiger partial charge >= 0.3 is 0 Å². The lowest BCUT2D eigenvalue weighted by Gasteiger charge is -2.32. The van der Waals surface area contributed by atoms with Gasteiger partial charge in [-0.1, -0.05) is 12.1 Å². The van der Waals surface area contributed by atoms with Gasteiger partial charge in [0, 0.05) is 31.9 Å². The van der Waals surface area contributed by atoms with Gasteiger partial charge in [-0.15, -0.1) is 0 Å². The zero-order valence-electron chi connectivity index (χ0n) is 14.4. The zero-order chi connectivity index (χ0) is 17.8. The molecule has 3 rings (SSSR count). The molecule has 25 heavy (non-hydrogen) atoms.